The quantitative estimate of drug-likeness (QED) is 0.449. The number of anilines is 3. The lowest BCUT2D eigenvalue weighted by Crippen LogP contribution is -2.29. The highest BCUT2D eigenvalue weighted by Crippen LogP contribution is 2.30. The molecule has 5 rings (SSSR count). The van der Waals surface area contributed by atoms with E-state index in [2.05, 4.69) is 21.0 Å². The van der Waals surface area contributed by atoms with E-state index in [0.29, 0.717) is 36.8 Å². The first-order chi connectivity index (χ1) is 17.2. The molecule has 2 fully saturated rings. The maximum atomic E-state index is 11.6. The Morgan fingerprint density at radius 2 is 1.74 bits per heavy atom. The van der Waals surface area contributed by atoms with Crippen LogP contribution in [0.3, 0.4) is 0 Å². The van der Waals surface area contributed by atoms with E-state index in [9.17, 15) is 4.79 Å². The molecule has 0 bridgehead atoms. The molecule has 0 saturated carbocycles. The average Bonchev–Trinajstić information content (AvgIpc) is 3.33. The van der Waals surface area contributed by atoms with Crippen LogP contribution in [0.5, 0.6) is 0 Å². The summed E-state index contributed by atoms with van der Waals surface area (Å²) in [6.45, 7) is 5.43. The molecule has 3 N–H and O–H groups in total. The summed E-state index contributed by atoms with van der Waals surface area (Å²) in [6.07, 6.45) is 6.19. The number of hydrogen-bond acceptors (Lipinski definition) is 8. The zero-order valence-electron chi connectivity index (χ0n) is 20.1. The van der Waals surface area contributed by atoms with E-state index in [-0.39, 0.29) is 5.91 Å². The fourth-order valence-electron chi connectivity index (χ4n) is 4.53. The Morgan fingerprint density at radius 3 is 2.46 bits per heavy atom. The van der Waals surface area contributed by atoms with E-state index in [4.69, 9.17) is 19.4 Å². The van der Waals surface area contributed by atoms with Gasteiger partial charge in [0.1, 0.15) is 0 Å². The van der Waals surface area contributed by atoms with Gasteiger partial charge in [0.05, 0.1) is 6.20 Å². The maximum Gasteiger partial charge on any atom is 0.229 e. The number of aromatic nitrogens is 4. The fraction of sp³-hybridized carbons (Fsp3) is 0.520. The van der Waals surface area contributed by atoms with Gasteiger partial charge in [-0.05, 0) is 49.3 Å². The van der Waals surface area contributed by atoms with Crippen molar-refractivity contribution in [1.82, 2.24) is 19.6 Å². The van der Waals surface area contributed by atoms with Crippen molar-refractivity contribution in [2.75, 3.05) is 42.4 Å². The lowest BCUT2D eigenvalue weighted by molar-refractivity contribution is -0.115. The number of hydrogen-bond donors (Lipinski definition) is 3. The lowest BCUT2D eigenvalue weighted by Gasteiger charge is -2.24. The maximum absolute atomic E-state index is 11.6. The Balaban J connectivity index is 1.38. The Bertz CT molecular complexity index is 1140. The van der Waals surface area contributed by atoms with Crippen molar-refractivity contribution in [1.29, 1.82) is 0 Å². The molecule has 0 aliphatic carbocycles. The summed E-state index contributed by atoms with van der Waals surface area (Å²) < 4.78 is 12.9. The monoisotopic (exact) mass is 479 g/mol. The average molecular weight is 480 g/mol. The molecule has 2 aliphatic rings. The molecule has 186 valence electrons. The Morgan fingerprint density at radius 1 is 1.03 bits per heavy atom. The van der Waals surface area contributed by atoms with Crippen LogP contribution in [0.25, 0.3) is 5.65 Å². The Kier molecular flexibility index (Phi) is 7.39. The molecule has 10 nitrogen and oxygen atoms in total. The van der Waals surface area contributed by atoms with E-state index in [1.165, 1.54) is 0 Å². The van der Waals surface area contributed by atoms with E-state index in [1.54, 1.807) is 4.52 Å². The number of nitrogens with zero attached hydrogens (tertiary/aromatic N) is 4. The SMILES string of the molecule is CCC(=O)Nc1ccc(CNc2nc(NC3CCOCC3)nc3c(C4CCOCC4)cnn23)cc1. The molecule has 2 aromatic heterocycles. The second-order valence-corrected chi connectivity index (χ2v) is 9.08. The second kappa shape index (κ2) is 11.0. The normalized spacial score (nSPS) is 17.4. The van der Waals surface area contributed by atoms with Gasteiger partial charge in [-0.2, -0.15) is 19.6 Å². The zero-order chi connectivity index (χ0) is 24.0. The number of benzene rings is 1. The van der Waals surface area contributed by atoms with Crippen LogP contribution in [0.2, 0.25) is 0 Å². The highest BCUT2D eigenvalue weighted by molar-refractivity contribution is 5.90. The standard InChI is InChI=1S/C25H33N7O3/c1-2-22(33)28-19-5-3-17(4-6-19)15-26-25-31-24(29-20-9-13-35-14-10-20)30-23-21(16-27-32(23)25)18-7-11-34-12-8-18/h3-6,16,18,20H,2,7-15H2,1H3,(H,28,33)(H2,26,29,30,31). The minimum Gasteiger partial charge on any atom is -0.381 e. The van der Waals surface area contributed by atoms with Crippen LogP contribution in [0.4, 0.5) is 17.6 Å². The van der Waals surface area contributed by atoms with Crippen molar-refractivity contribution in [3.8, 4) is 0 Å². The van der Waals surface area contributed by atoms with Gasteiger partial charge >= 0.3 is 0 Å². The molecule has 2 aliphatic heterocycles. The highest BCUT2D eigenvalue weighted by atomic mass is 16.5. The zero-order valence-corrected chi connectivity index (χ0v) is 20.1. The van der Waals surface area contributed by atoms with Crippen molar-refractivity contribution >= 4 is 29.1 Å². The van der Waals surface area contributed by atoms with E-state index in [1.807, 2.05) is 37.4 Å². The second-order valence-electron chi connectivity index (χ2n) is 9.08. The summed E-state index contributed by atoms with van der Waals surface area (Å²) >= 11 is 0. The van der Waals surface area contributed by atoms with Gasteiger partial charge in [0.25, 0.3) is 0 Å². The summed E-state index contributed by atoms with van der Waals surface area (Å²) in [6, 6.07) is 8.10. The smallest absolute Gasteiger partial charge is 0.229 e. The molecule has 35 heavy (non-hydrogen) atoms. The van der Waals surface area contributed by atoms with Crippen LogP contribution >= 0.6 is 0 Å². The summed E-state index contributed by atoms with van der Waals surface area (Å²) in [5, 5.41) is 14.5. The topological polar surface area (TPSA) is 115 Å². The largest absolute Gasteiger partial charge is 0.381 e. The van der Waals surface area contributed by atoms with Crippen LogP contribution in [-0.2, 0) is 20.8 Å². The van der Waals surface area contributed by atoms with E-state index >= 15 is 0 Å². The number of nitrogens with one attached hydrogen (secondary N) is 3. The van der Waals surface area contributed by atoms with Gasteiger partial charge in [-0.25, -0.2) is 0 Å². The predicted octanol–water partition coefficient (Wildman–Crippen LogP) is 3.57. The van der Waals surface area contributed by atoms with Crippen LogP contribution in [0.15, 0.2) is 30.5 Å². The Labute approximate surface area is 204 Å². The van der Waals surface area contributed by atoms with E-state index in [0.717, 1.165) is 74.6 Å². The third kappa shape index (κ3) is 5.71. The van der Waals surface area contributed by atoms with Gasteiger partial charge in [0, 0.05) is 56.7 Å². The molecule has 3 aromatic rings. The van der Waals surface area contributed by atoms with Gasteiger partial charge in [-0.15, -0.1) is 0 Å². The third-order valence-corrected chi connectivity index (χ3v) is 6.62. The van der Waals surface area contributed by atoms with Gasteiger partial charge in [0.15, 0.2) is 5.65 Å². The van der Waals surface area contributed by atoms with Gasteiger partial charge in [0.2, 0.25) is 17.8 Å². The summed E-state index contributed by atoms with van der Waals surface area (Å²) in [7, 11) is 0. The number of carbonyl (C=O) groups excluding carboxylic acids is 1. The number of fused-ring (bicyclic) bond motifs is 1. The number of amides is 1. The molecule has 1 aromatic carbocycles. The molecule has 0 spiro atoms. The molecule has 4 heterocycles. The molecule has 1 amide bonds. The van der Waals surface area contributed by atoms with Crippen molar-refractivity contribution in [3.63, 3.8) is 0 Å². The lowest BCUT2D eigenvalue weighted by atomic mass is 9.94. The predicted molar refractivity (Wildman–Crippen MR) is 134 cm³/mol. The molecule has 0 atom stereocenters. The number of rotatable bonds is 8. The minimum absolute atomic E-state index is 0.00262. The van der Waals surface area contributed by atoms with Crippen molar-refractivity contribution in [2.24, 2.45) is 0 Å². The third-order valence-electron chi connectivity index (χ3n) is 6.62. The molecule has 2 saturated heterocycles. The molecule has 0 radical (unpaired) electrons. The van der Waals surface area contributed by atoms with Crippen LogP contribution in [-0.4, -0.2) is 58.0 Å². The number of carbonyl (C=O) groups is 1. The van der Waals surface area contributed by atoms with Gasteiger partial charge in [-0.3, -0.25) is 4.79 Å². The number of ether oxygens (including phenoxy) is 2. The highest BCUT2D eigenvalue weighted by Gasteiger charge is 2.23. The first kappa shape index (κ1) is 23.5. The van der Waals surface area contributed by atoms with Crippen LogP contribution < -0.4 is 16.0 Å². The van der Waals surface area contributed by atoms with Crippen molar-refractivity contribution in [2.45, 2.75) is 57.5 Å². The molecular formula is C25H33N7O3. The molecule has 0 unspecified atom stereocenters. The van der Waals surface area contributed by atoms with Crippen molar-refractivity contribution < 1.29 is 14.3 Å². The minimum atomic E-state index is 0.00262. The first-order valence-corrected chi connectivity index (χ1v) is 12.5. The summed E-state index contributed by atoms with van der Waals surface area (Å²) in [4.78, 5) is 21.3. The van der Waals surface area contributed by atoms with Gasteiger partial charge in [-0.1, -0.05) is 19.1 Å². The van der Waals surface area contributed by atoms with Crippen LogP contribution in [0.1, 0.15) is 56.1 Å². The van der Waals surface area contributed by atoms with E-state index < -0.39 is 0 Å². The van der Waals surface area contributed by atoms with Gasteiger partial charge < -0.3 is 25.4 Å². The summed E-state index contributed by atoms with van der Waals surface area (Å²) in [5.74, 6) is 1.64. The summed E-state index contributed by atoms with van der Waals surface area (Å²) in [5.41, 5.74) is 3.84. The Hall–Kier alpha value is -3.24. The fourth-order valence-corrected chi connectivity index (χ4v) is 4.53. The first-order valence-electron chi connectivity index (χ1n) is 12.5. The molecular weight excluding hydrogens is 446 g/mol. The molecule has 10 heteroatoms. The van der Waals surface area contributed by atoms with Crippen LogP contribution in [0, 0.1) is 0 Å². The van der Waals surface area contributed by atoms with Crippen molar-refractivity contribution in [3.05, 3.63) is 41.6 Å².